The van der Waals surface area contributed by atoms with Crippen molar-refractivity contribution in [1.82, 2.24) is 4.90 Å². The molecule has 0 aromatic heterocycles. The molecule has 1 atom stereocenters. The molecule has 1 unspecified atom stereocenters. The van der Waals surface area contributed by atoms with Crippen LogP contribution in [0.2, 0.25) is 0 Å². The zero-order valence-corrected chi connectivity index (χ0v) is 5.79. The summed E-state index contributed by atoms with van der Waals surface area (Å²) in [5.41, 5.74) is 0. The topological polar surface area (TPSA) is 40.5 Å². The van der Waals surface area contributed by atoms with E-state index in [0.29, 0.717) is 13.0 Å². The molecule has 1 N–H and O–H groups in total. The second-order valence-corrected chi connectivity index (χ2v) is 2.48. The summed E-state index contributed by atoms with van der Waals surface area (Å²) in [7, 11) is 0. The normalized spacial score (nSPS) is 25.5. The van der Waals surface area contributed by atoms with Gasteiger partial charge in [-0.2, -0.15) is 0 Å². The summed E-state index contributed by atoms with van der Waals surface area (Å²) < 4.78 is 0. The molecule has 0 aliphatic carbocycles. The van der Waals surface area contributed by atoms with Crippen molar-refractivity contribution in [3.05, 3.63) is 12.8 Å². The van der Waals surface area contributed by atoms with Crippen LogP contribution in [-0.2, 0) is 4.79 Å². The van der Waals surface area contributed by atoms with Gasteiger partial charge in [0.1, 0.15) is 0 Å². The molecule has 1 amide bonds. The number of hydrogen-bond donors (Lipinski definition) is 1. The van der Waals surface area contributed by atoms with Crippen LogP contribution in [0.3, 0.4) is 0 Å². The second-order valence-electron chi connectivity index (χ2n) is 2.48. The first-order chi connectivity index (χ1) is 4.77. The predicted molar refractivity (Wildman–Crippen MR) is 37.1 cm³/mol. The zero-order chi connectivity index (χ0) is 7.56. The number of aliphatic hydroxyl groups excluding tert-OH is 1. The van der Waals surface area contributed by atoms with E-state index in [1.54, 1.807) is 4.90 Å². The zero-order valence-electron chi connectivity index (χ0n) is 5.79. The van der Waals surface area contributed by atoms with Gasteiger partial charge in [-0.25, -0.2) is 0 Å². The molecule has 0 radical (unpaired) electrons. The van der Waals surface area contributed by atoms with Crippen LogP contribution in [0.1, 0.15) is 6.42 Å². The van der Waals surface area contributed by atoms with Crippen LogP contribution in [-0.4, -0.2) is 29.1 Å². The molecule has 3 nitrogen and oxygen atoms in total. The van der Waals surface area contributed by atoms with E-state index in [4.69, 9.17) is 5.11 Å². The maximum absolute atomic E-state index is 10.9. The lowest BCUT2D eigenvalue weighted by atomic mass is 10.1. The molecule has 1 heterocycles. The molecule has 1 saturated heterocycles. The summed E-state index contributed by atoms with van der Waals surface area (Å²) in [5.74, 6) is 0.180. The molecule has 10 heavy (non-hydrogen) atoms. The average molecular weight is 141 g/mol. The summed E-state index contributed by atoms with van der Waals surface area (Å²) in [6, 6.07) is 0. The number of hydrogen-bond acceptors (Lipinski definition) is 2. The Hall–Kier alpha value is -0.830. The van der Waals surface area contributed by atoms with Crippen molar-refractivity contribution in [3.63, 3.8) is 0 Å². The van der Waals surface area contributed by atoms with Crippen molar-refractivity contribution in [2.75, 3.05) is 13.2 Å². The maximum Gasteiger partial charge on any atom is 0.226 e. The van der Waals surface area contributed by atoms with Gasteiger partial charge in [0, 0.05) is 25.5 Å². The first-order valence-corrected chi connectivity index (χ1v) is 3.30. The highest BCUT2D eigenvalue weighted by molar-refractivity contribution is 5.79. The summed E-state index contributed by atoms with van der Waals surface area (Å²) in [5, 5.41) is 8.68. The fraction of sp³-hybridized carbons (Fsp3) is 0.571. The molecule has 1 aliphatic heterocycles. The Balaban J connectivity index is 2.52. The summed E-state index contributed by atoms with van der Waals surface area (Å²) in [6.45, 7) is 4.20. The van der Waals surface area contributed by atoms with Gasteiger partial charge >= 0.3 is 0 Å². The van der Waals surface area contributed by atoms with Crippen molar-refractivity contribution >= 4 is 5.91 Å². The lowest BCUT2D eigenvalue weighted by molar-refractivity contribution is -0.125. The molecule has 0 bridgehead atoms. The van der Waals surface area contributed by atoms with Crippen molar-refractivity contribution in [2.45, 2.75) is 6.42 Å². The van der Waals surface area contributed by atoms with Crippen LogP contribution in [0.4, 0.5) is 0 Å². The van der Waals surface area contributed by atoms with Gasteiger partial charge in [-0.1, -0.05) is 6.58 Å². The molecule has 0 aromatic rings. The summed E-state index contributed by atoms with van der Waals surface area (Å²) in [4.78, 5) is 12.5. The highest BCUT2D eigenvalue weighted by atomic mass is 16.3. The van der Waals surface area contributed by atoms with Crippen LogP contribution in [0.25, 0.3) is 0 Å². The standard InChI is InChI=1S/C7H11NO2/c1-2-8-4-6(5-9)3-7(8)10/h2,6,9H,1,3-5H2. The van der Waals surface area contributed by atoms with Crippen molar-refractivity contribution < 1.29 is 9.90 Å². The highest BCUT2D eigenvalue weighted by Gasteiger charge is 2.26. The molecule has 3 heteroatoms. The van der Waals surface area contributed by atoms with E-state index in [1.165, 1.54) is 6.20 Å². The first-order valence-electron chi connectivity index (χ1n) is 3.30. The van der Waals surface area contributed by atoms with Crippen molar-refractivity contribution in [3.8, 4) is 0 Å². The fourth-order valence-electron chi connectivity index (χ4n) is 1.11. The fourth-order valence-corrected chi connectivity index (χ4v) is 1.11. The van der Waals surface area contributed by atoms with Gasteiger partial charge in [0.2, 0.25) is 5.91 Å². The van der Waals surface area contributed by atoms with E-state index in [1.807, 2.05) is 0 Å². The Kier molecular flexibility index (Phi) is 2.06. The number of aliphatic hydroxyl groups is 1. The second kappa shape index (κ2) is 2.84. The number of amides is 1. The Morgan fingerprint density at radius 3 is 2.90 bits per heavy atom. The SMILES string of the molecule is C=CN1CC(CO)CC1=O. The molecule has 56 valence electrons. The predicted octanol–water partition coefficient (Wildman–Crippen LogP) is -0.0293. The minimum Gasteiger partial charge on any atom is -0.396 e. The van der Waals surface area contributed by atoms with Gasteiger partial charge in [-0.3, -0.25) is 4.79 Å². The lowest BCUT2D eigenvalue weighted by Gasteiger charge is -2.07. The monoisotopic (exact) mass is 141 g/mol. The largest absolute Gasteiger partial charge is 0.396 e. The van der Waals surface area contributed by atoms with Gasteiger partial charge in [0.15, 0.2) is 0 Å². The van der Waals surface area contributed by atoms with Crippen LogP contribution in [0.15, 0.2) is 12.8 Å². The van der Waals surface area contributed by atoms with E-state index in [0.717, 1.165) is 0 Å². The maximum atomic E-state index is 10.9. The van der Waals surface area contributed by atoms with Gasteiger partial charge in [-0.05, 0) is 6.20 Å². The minimum atomic E-state index is 0.0639. The van der Waals surface area contributed by atoms with Crippen LogP contribution < -0.4 is 0 Å². The number of rotatable bonds is 2. The van der Waals surface area contributed by atoms with Crippen LogP contribution >= 0.6 is 0 Å². The Morgan fingerprint density at radius 1 is 1.90 bits per heavy atom. The van der Waals surface area contributed by atoms with E-state index < -0.39 is 0 Å². The van der Waals surface area contributed by atoms with Crippen LogP contribution in [0, 0.1) is 5.92 Å². The number of likely N-dealkylation sites (tertiary alicyclic amines) is 1. The molecule has 1 fully saturated rings. The molecule has 0 spiro atoms. The molecular weight excluding hydrogens is 130 g/mol. The third kappa shape index (κ3) is 1.19. The molecule has 0 saturated carbocycles. The Morgan fingerprint density at radius 2 is 2.60 bits per heavy atom. The van der Waals surface area contributed by atoms with Gasteiger partial charge in [-0.15, -0.1) is 0 Å². The van der Waals surface area contributed by atoms with E-state index >= 15 is 0 Å². The minimum absolute atomic E-state index is 0.0639. The van der Waals surface area contributed by atoms with Gasteiger partial charge < -0.3 is 10.0 Å². The van der Waals surface area contributed by atoms with Crippen molar-refractivity contribution in [2.24, 2.45) is 5.92 Å². The first kappa shape index (κ1) is 7.28. The van der Waals surface area contributed by atoms with Gasteiger partial charge in [0.25, 0.3) is 0 Å². The smallest absolute Gasteiger partial charge is 0.226 e. The van der Waals surface area contributed by atoms with Crippen molar-refractivity contribution in [1.29, 1.82) is 0 Å². The number of carbonyl (C=O) groups excluding carboxylic acids is 1. The quantitative estimate of drug-likeness (QED) is 0.586. The van der Waals surface area contributed by atoms with Crippen LogP contribution in [0.5, 0.6) is 0 Å². The summed E-state index contributed by atoms with van der Waals surface area (Å²) >= 11 is 0. The average Bonchev–Trinajstić information content (AvgIpc) is 2.30. The number of carbonyl (C=O) groups is 1. The summed E-state index contributed by atoms with van der Waals surface area (Å²) in [6.07, 6.45) is 1.97. The lowest BCUT2D eigenvalue weighted by Crippen LogP contribution is -2.18. The van der Waals surface area contributed by atoms with Gasteiger partial charge in [0.05, 0.1) is 0 Å². The van der Waals surface area contributed by atoms with E-state index in [9.17, 15) is 4.79 Å². The highest BCUT2D eigenvalue weighted by Crippen LogP contribution is 2.16. The molecule has 0 aromatic carbocycles. The van der Waals surface area contributed by atoms with E-state index in [2.05, 4.69) is 6.58 Å². The van der Waals surface area contributed by atoms with E-state index in [-0.39, 0.29) is 18.4 Å². The molecule has 1 rings (SSSR count). The molecular formula is C7H11NO2. The molecule has 1 aliphatic rings. The third-order valence-electron chi connectivity index (χ3n) is 1.72. The Bertz CT molecular complexity index is 156. The third-order valence-corrected chi connectivity index (χ3v) is 1.72. The Labute approximate surface area is 59.9 Å². The number of nitrogens with zero attached hydrogens (tertiary/aromatic N) is 1.